The fourth-order valence-electron chi connectivity index (χ4n) is 5.88. The van der Waals surface area contributed by atoms with Gasteiger partial charge < -0.3 is 30.2 Å². The number of benzene rings is 1. The molecule has 2 aromatic carbocycles. The minimum absolute atomic E-state index is 0.126. The van der Waals surface area contributed by atoms with E-state index in [9.17, 15) is 14.4 Å². The van der Waals surface area contributed by atoms with E-state index < -0.39 is 12.1 Å². The zero-order chi connectivity index (χ0) is 28.8. The Balaban J connectivity index is 1.76. The molecule has 0 spiro atoms. The third kappa shape index (κ3) is 6.35. The normalized spacial score (nSPS) is 17.7. The Morgan fingerprint density at radius 2 is 1.60 bits per heavy atom. The first-order valence-corrected chi connectivity index (χ1v) is 14.1. The molecule has 2 atom stereocenters. The van der Waals surface area contributed by atoms with Gasteiger partial charge in [0.05, 0.1) is 33.1 Å². The number of amides is 2. The highest BCUT2D eigenvalue weighted by Crippen LogP contribution is 2.50. The van der Waals surface area contributed by atoms with Crippen LogP contribution in [0.4, 0.5) is 5.69 Å². The summed E-state index contributed by atoms with van der Waals surface area (Å²) >= 11 is 0. The van der Waals surface area contributed by atoms with E-state index in [2.05, 4.69) is 16.0 Å². The van der Waals surface area contributed by atoms with Crippen LogP contribution in [0.2, 0.25) is 0 Å². The maximum atomic E-state index is 13.5. The summed E-state index contributed by atoms with van der Waals surface area (Å²) in [4.78, 5) is 38.7. The Hall–Kier alpha value is -3.75. The Kier molecular flexibility index (Phi) is 9.55. The number of methoxy groups -OCH3 is 3. The second-order valence-electron chi connectivity index (χ2n) is 10.7. The first-order chi connectivity index (χ1) is 19.3. The monoisotopic (exact) mass is 551 g/mol. The third-order valence-corrected chi connectivity index (χ3v) is 7.88. The summed E-state index contributed by atoms with van der Waals surface area (Å²) in [7, 11) is 4.69. The summed E-state index contributed by atoms with van der Waals surface area (Å²) in [6, 6.07) is 6.19. The zero-order valence-corrected chi connectivity index (χ0v) is 24.1. The highest BCUT2D eigenvalue weighted by Gasteiger charge is 2.29. The summed E-state index contributed by atoms with van der Waals surface area (Å²) in [5.41, 5.74) is 3.18. The molecular formula is C31H41N3O6. The summed E-state index contributed by atoms with van der Waals surface area (Å²) in [5, 5.41) is 9.30. The van der Waals surface area contributed by atoms with Crippen LogP contribution < -0.4 is 35.6 Å². The maximum absolute atomic E-state index is 13.5. The first-order valence-electron chi connectivity index (χ1n) is 14.1. The van der Waals surface area contributed by atoms with Gasteiger partial charge in [-0.2, -0.15) is 0 Å². The predicted molar refractivity (Wildman–Crippen MR) is 155 cm³/mol. The Morgan fingerprint density at radius 3 is 2.23 bits per heavy atom. The number of ether oxygens (including phenoxy) is 3. The van der Waals surface area contributed by atoms with Crippen molar-refractivity contribution in [2.75, 3.05) is 26.6 Å². The summed E-state index contributed by atoms with van der Waals surface area (Å²) < 4.78 is 17.1. The molecule has 0 saturated heterocycles. The molecule has 0 aliphatic heterocycles. The molecular weight excluding hydrogens is 510 g/mol. The molecule has 40 heavy (non-hydrogen) atoms. The molecule has 1 saturated carbocycles. The largest absolute Gasteiger partial charge is 0.493 e. The maximum Gasteiger partial charge on any atom is 0.242 e. The SMILES string of the molecule is COc1cc2c(c(OC)c1OC)-c1ccc(NC(C)C(=O)NC3CCCCCC3)c(=O)cc1C(NC(C)=O)CC2. The molecule has 0 heterocycles. The van der Waals surface area contributed by atoms with Gasteiger partial charge in [0.2, 0.25) is 23.0 Å². The van der Waals surface area contributed by atoms with Crippen LogP contribution in [0.25, 0.3) is 11.1 Å². The molecule has 0 radical (unpaired) electrons. The molecule has 2 aromatic rings. The Morgan fingerprint density at radius 1 is 0.900 bits per heavy atom. The van der Waals surface area contributed by atoms with Crippen molar-refractivity contribution in [1.29, 1.82) is 0 Å². The highest BCUT2D eigenvalue weighted by atomic mass is 16.5. The lowest BCUT2D eigenvalue weighted by atomic mass is 9.95. The average molecular weight is 552 g/mol. The Bertz CT molecular complexity index is 1300. The van der Waals surface area contributed by atoms with Gasteiger partial charge in [-0.25, -0.2) is 0 Å². The summed E-state index contributed by atoms with van der Waals surface area (Å²) in [6.07, 6.45) is 7.81. The van der Waals surface area contributed by atoms with Gasteiger partial charge in [0.25, 0.3) is 0 Å². The van der Waals surface area contributed by atoms with Crippen LogP contribution in [0.1, 0.15) is 76.0 Å². The molecule has 4 rings (SSSR count). The van der Waals surface area contributed by atoms with Crippen molar-refractivity contribution < 1.29 is 23.8 Å². The van der Waals surface area contributed by atoms with Crippen LogP contribution >= 0.6 is 0 Å². The average Bonchev–Trinajstić information content (AvgIpc) is 3.34. The minimum Gasteiger partial charge on any atom is -0.493 e. The first kappa shape index (κ1) is 29.2. The van der Waals surface area contributed by atoms with Crippen LogP contribution in [0, 0.1) is 0 Å². The second kappa shape index (κ2) is 13.1. The molecule has 0 aromatic heterocycles. The molecule has 2 unspecified atom stereocenters. The quantitative estimate of drug-likeness (QED) is 0.414. The van der Waals surface area contributed by atoms with E-state index in [0.29, 0.717) is 41.3 Å². The number of carbonyl (C=O) groups excluding carboxylic acids is 2. The Labute approximate surface area is 236 Å². The van der Waals surface area contributed by atoms with E-state index in [1.165, 1.54) is 19.8 Å². The van der Waals surface area contributed by atoms with Gasteiger partial charge in [0, 0.05) is 18.5 Å². The number of fused-ring (bicyclic) bond motifs is 3. The number of rotatable bonds is 8. The number of hydrogen-bond acceptors (Lipinski definition) is 7. The van der Waals surface area contributed by atoms with Crippen molar-refractivity contribution in [3.63, 3.8) is 0 Å². The number of carbonyl (C=O) groups is 2. The highest BCUT2D eigenvalue weighted by molar-refractivity contribution is 5.86. The lowest BCUT2D eigenvalue weighted by molar-refractivity contribution is -0.122. The molecule has 9 nitrogen and oxygen atoms in total. The van der Waals surface area contributed by atoms with Gasteiger partial charge in [-0.05, 0) is 67.5 Å². The molecule has 0 bridgehead atoms. The lowest BCUT2D eigenvalue weighted by Gasteiger charge is -2.20. The minimum atomic E-state index is -0.601. The molecule has 2 amide bonds. The van der Waals surface area contributed by atoms with E-state index in [0.717, 1.165) is 42.4 Å². The molecule has 9 heteroatoms. The number of hydrogen-bond donors (Lipinski definition) is 3. The van der Waals surface area contributed by atoms with Crippen LogP contribution in [-0.4, -0.2) is 45.2 Å². The van der Waals surface area contributed by atoms with Crippen LogP contribution in [0.5, 0.6) is 17.2 Å². The number of nitrogens with one attached hydrogen (secondary N) is 3. The second-order valence-corrected chi connectivity index (χ2v) is 10.7. The lowest BCUT2D eigenvalue weighted by Crippen LogP contribution is -2.43. The number of anilines is 1. The van der Waals surface area contributed by atoms with Crippen molar-refractivity contribution in [2.45, 2.75) is 83.3 Å². The van der Waals surface area contributed by atoms with Gasteiger partial charge in [0.15, 0.2) is 11.5 Å². The van der Waals surface area contributed by atoms with E-state index in [-0.39, 0.29) is 23.3 Å². The fraction of sp³-hybridized carbons (Fsp3) is 0.516. The molecule has 1 fully saturated rings. The smallest absolute Gasteiger partial charge is 0.242 e. The van der Waals surface area contributed by atoms with Gasteiger partial charge in [0.1, 0.15) is 6.04 Å². The van der Waals surface area contributed by atoms with Gasteiger partial charge in [-0.15, -0.1) is 0 Å². The van der Waals surface area contributed by atoms with E-state index in [1.807, 2.05) is 12.1 Å². The third-order valence-electron chi connectivity index (χ3n) is 7.88. The molecule has 216 valence electrons. The molecule has 3 N–H and O–H groups in total. The summed E-state index contributed by atoms with van der Waals surface area (Å²) in [6.45, 7) is 3.23. The predicted octanol–water partition coefficient (Wildman–Crippen LogP) is 4.50. The van der Waals surface area contributed by atoms with E-state index >= 15 is 0 Å². The molecule has 2 aliphatic carbocycles. The van der Waals surface area contributed by atoms with Crippen molar-refractivity contribution in [2.24, 2.45) is 0 Å². The summed E-state index contributed by atoms with van der Waals surface area (Å²) in [5.74, 6) is 1.16. The van der Waals surface area contributed by atoms with Crippen molar-refractivity contribution in [1.82, 2.24) is 10.6 Å². The van der Waals surface area contributed by atoms with Crippen molar-refractivity contribution >= 4 is 17.5 Å². The van der Waals surface area contributed by atoms with Crippen molar-refractivity contribution in [3.05, 3.63) is 45.6 Å². The fourth-order valence-corrected chi connectivity index (χ4v) is 5.88. The van der Waals surface area contributed by atoms with Crippen LogP contribution in [0.3, 0.4) is 0 Å². The standard InChI is InChI=1S/C31H41N3O6/c1-18(31(37)34-21-10-8-6-7-9-11-21)32-25-15-13-22-23(17-26(25)36)24(33-19(2)35)14-12-20-16-27(38-3)29(39-4)30(40-5)28(20)22/h13,15-18,21,24H,6-12,14H2,1-5H3,(H,32,36)(H,33,35)(H,34,37). The van der Waals surface area contributed by atoms with E-state index in [1.54, 1.807) is 40.4 Å². The zero-order valence-electron chi connectivity index (χ0n) is 24.1. The van der Waals surface area contributed by atoms with Gasteiger partial charge in [-0.1, -0.05) is 31.7 Å². The topological polar surface area (TPSA) is 115 Å². The molecule has 2 aliphatic rings. The van der Waals surface area contributed by atoms with Crippen molar-refractivity contribution in [3.8, 4) is 28.4 Å². The van der Waals surface area contributed by atoms with E-state index in [4.69, 9.17) is 14.2 Å². The van der Waals surface area contributed by atoms with Gasteiger partial charge >= 0.3 is 0 Å². The van der Waals surface area contributed by atoms with Crippen LogP contribution in [-0.2, 0) is 16.0 Å². The van der Waals surface area contributed by atoms with Gasteiger partial charge in [-0.3, -0.25) is 14.4 Å². The number of aryl methyl sites for hydroxylation is 1. The van der Waals surface area contributed by atoms with Crippen LogP contribution in [0.15, 0.2) is 29.1 Å².